The van der Waals surface area contributed by atoms with Crippen molar-refractivity contribution in [2.24, 2.45) is 5.92 Å². The van der Waals surface area contributed by atoms with Crippen molar-refractivity contribution >= 4 is 5.91 Å². The molecule has 0 radical (unpaired) electrons. The molecule has 124 valence electrons. The van der Waals surface area contributed by atoms with Gasteiger partial charge in [-0.2, -0.15) is 0 Å². The van der Waals surface area contributed by atoms with Crippen molar-refractivity contribution in [1.29, 1.82) is 0 Å². The van der Waals surface area contributed by atoms with Gasteiger partial charge in [-0.25, -0.2) is 0 Å². The van der Waals surface area contributed by atoms with Crippen LogP contribution in [-0.2, 0) is 9.53 Å². The van der Waals surface area contributed by atoms with Crippen LogP contribution in [0.3, 0.4) is 0 Å². The number of rotatable bonds is 7. The first-order chi connectivity index (χ1) is 9.90. The van der Waals surface area contributed by atoms with Gasteiger partial charge in [-0.3, -0.25) is 4.79 Å². The zero-order chi connectivity index (χ0) is 16.0. The van der Waals surface area contributed by atoms with Gasteiger partial charge in [-0.05, 0) is 12.8 Å². The number of carbonyl (C=O) groups excluding carboxylic acids is 1. The topological polar surface area (TPSA) is 119 Å². The van der Waals surface area contributed by atoms with Gasteiger partial charge in [0.15, 0.2) is 0 Å². The van der Waals surface area contributed by atoms with Gasteiger partial charge in [-0.1, -0.05) is 13.3 Å². The normalized spacial score (nSPS) is 34.5. The summed E-state index contributed by atoms with van der Waals surface area (Å²) in [6.07, 6.45) is -2.50. The van der Waals surface area contributed by atoms with E-state index in [4.69, 9.17) is 4.74 Å². The van der Waals surface area contributed by atoms with Crippen LogP contribution in [0, 0.1) is 5.92 Å². The Morgan fingerprint density at radius 1 is 1.29 bits per heavy atom. The molecule has 5 N–H and O–H groups in total. The molecule has 6 atom stereocenters. The van der Waals surface area contributed by atoms with Gasteiger partial charge >= 0.3 is 0 Å². The van der Waals surface area contributed by atoms with Crippen molar-refractivity contribution in [2.45, 2.75) is 63.6 Å². The predicted molar refractivity (Wildman–Crippen MR) is 75.5 cm³/mol. The van der Waals surface area contributed by atoms with Crippen LogP contribution in [-0.4, -0.2) is 70.0 Å². The Morgan fingerprint density at radius 3 is 2.48 bits per heavy atom. The Hall–Kier alpha value is -0.730. The van der Waals surface area contributed by atoms with E-state index in [1.165, 1.54) is 6.92 Å². The van der Waals surface area contributed by atoms with Gasteiger partial charge in [0.25, 0.3) is 0 Å². The highest BCUT2D eigenvalue weighted by Gasteiger charge is 2.43. The highest BCUT2D eigenvalue weighted by atomic mass is 16.5. The van der Waals surface area contributed by atoms with Gasteiger partial charge in [-0.15, -0.1) is 0 Å². The van der Waals surface area contributed by atoms with Crippen molar-refractivity contribution < 1.29 is 30.0 Å². The number of hydrogen-bond donors (Lipinski definition) is 5. The SMILES string of the molecule is CCCC(COC1CC(CO)C(O)C(O)C1O)NC(C)=O. The van der Waals surface area contributed by atoms with Gasteiger partial charge < -0.3 is 30.5 Å². The molecule has 0 aliphatic heterocycles. The zero-order valence-corrected chi connectivity index (χ0v) is 12.6. The minimum atomic E-state index is -1.34. The van der Waals surface area contributed by atoms with Crippen LogP contribution in [0.2, 0.25) is 0 Å². The molecule has 0 aromatic heterocycles. The molecule has 1 amide bonds. The van der Waals surface area contributed by atoms with Gasteiger partial charge in [0.1, 0.15) is 12.2 Å². The molecule has 0 aromatic carbocycles. The summed E-state index contributed by atoms with van der Waals surface area (Å²) in [7, 11) is 0. The molecular weight excluding hydrogens is 278 g/mol. The lowest BCUT2D eigenvalue weighted by atomic mass is 9.81. The zero-order valence-electron chi connectivity index (χ0n) is 12.6. The molecule has 0 spiro atoms. The monoisotopic (exact) mass is 305 g/mol. The Kier molecular flexibility index (Phi) is 7.55. The first-order valence-corrected chi connectivity index (χ1v) is 7.44. The molecule has 0 heterocycles. The minimum absolute atomic E-state index is 0.148. The van der Waals surface area contributed by atoms with Crippen LogP contribution >= 0.6 is 0 Å². The maximum atomic E-state index is 11.1. The summed E-state index contributed by atoms with van der Waals surface area (Å²) in [5, 5.41) is 41.4. The van der Waals surface area contributed by atoms with Gasteiger partial charge in [0.05, 0.1) is 24.9 Å². The number of hydrogen-bond acceptors (Lipinski definition) is 6. The molecular formula is C14H27NO6. The molecule has 7 heteroatoms. The van der Waals surface area contributed by atoms with E-state index >= 15 is 0 Å². The second-order valence-electron chi connectivity index (χ2n) is 5.71. The van der Waals surface area contributed by atoms with E-state index in [1.807, 2.05) is 6.92 Å². The van der Waals surface area contributed by atoms with Crippen molar-refractivity contribution in [3.8, 4) is 0 Å². The first kappa shape index (κ1) is 18.3. The molecule has 0 saturated heterocycles. The van der Waals surface area contributed by atoms with Crippen molar-refractivity contribution in [3.05, 3.63) is 0 Å². The third kappa shape index (κ3) is 5.19. The second-order valence-corrected chi connectivity index (χ2v) is 5.71. The average Bonchev–Trinajstić information content (AvgIpc) is 2.43. The summed E-state index contributed by atoms with van der Waals surface area (Å²) in [4.78, 5) is 11.1. The largest absolute Gasteiger partial charge is 0.396 e. The van der Waals surface area contributed by atoms with E-state index < -0.39 is 30.3 Å². The number of nitrogens with one attached hydrogen (secondary N) is 1. The van der Waals surface area contributed by atoms with E-state index in [9.17, 15) is 25.2 Å². The maximum absolute atomic E-state index is 11.1. The smallest absolute Gasteiger partial charge is 0.217 e. The number of amides is 1. The quantitative estimate of drug-likeness (QED) is 0.402. The van der Waals surface area contributed by atoms with Crippen LogP contribution in [0.4, 0.5) is 0 Å². The van der Waals surface area contributed by atoms with E-state index in [-0.39, 0.29) is 31.6 Å². The molecule has 1 aliphatic rings. The highest BCUT2D eigenvalue weighted by Crippen LogP contribution is 2.27. The van der Waals surface area contributed by atoms with Gasteiger partial charge in [0.2, 0.25) is 5.91 Å². The average molecular weight is 305 g/mol. The van der Waals surface area contributed by atoms with Crippen LogP contribution in [0.5, 0.6) is 0 Å². The maximum Gasteiger partial charge on any atom is 0.217 e. The second kappa shape index (κ2) is 8.65. The van der Waals surface area contributed by atoms with E-state index in [0.29, 0.717) is 0 Å². The van der Waals surface area contributed by atoms with Crippen LogP contribution in [0.25, 0.3) is 0 Å². The number of aliphatic hydroxyl groups is 4. The van der Waals surface area contributed by atoms with Crippen LogP contribution in [0.1, 0.15) is 33.1 Å². The standard InChI is InChI=1S/C14H27NO6/c1-3-4-10(15-8(2)17)7-21-11-5-9(6-16)12(18)14(20)13(11)19/h9-14,16,18-20H,3-7H2,1-2H3,(H,15,17). The third-order valence-electron chi connectivity index (χ3n) is 3.89. The Morgan fingerprint density at radius 2 is 1.95 bits per heavy atom. The predicted octanol–water partition coefficient (Wildman–Crippen LogP) is -1.23. The van der Waals surface area contributed by atoms with Crippen LogP contribution in [0.15, 0.2) is 0 Å². The summed E-state index contributed by atoms with van der Waals surface area (Å²) in [6.45, 7) is 3.36. The van der Waals surface area contributed by atoms with Crippen LogP contribution < -0.4 is 5.32 Å². The molecule has 1 rings (SSSR count). The highest BCUT2D eigenvalue weighted by molar-refractivity contribution is 5.73. The van der Waals surface area contributed by atoms with Crippen molar-refractivity contribution in [3.63, 3.8) is 0 Å². The summed E-state index contributed by atoms with van der Waals surface area (Å²) >= 11 is 0. The Balaban J connectivity index is 2.57. The lowest BCUT2D eigenvalue weighted by Crippen LogP contribution is -2.55. The van der Waals surface area contributed by atoms with Crippen molar-refractivity contribution in [2.75, 3.05) is 13.2 Å². The summed E-state index contributed by atoms with van der Waals surface area (Å²) in [5.41, 5.74) is 0. The molecule has 0 aromatic rings. The molecule has 1 saturated carbocycles. The number of ether oxygens (including phenoxy) is 1. The van der Waals surface area contributed by atoms with Crippen molar-refractivity contribution in [1.82, 2.24) is 5.32 Å². The first-order valence-electron chi connectivity index (χ1n) is 7.44. The Labute approximate surface area is 124 Å². The fourth-order valence-corrected chi connectivity index (χ4v) is 2.70. The number of aliphatic hydroxyl groups excluding tert-OH is 4. The molecule has 21 heavy (non-hydrogen) atoms. The van der Waals surface area contributed by atoms with Gasteiger partial charge in [0, 0.05) is 19.4 Å². The van der Waals surface area contributed by atoms with E-state index in [1.54, 1.807) is 0 Å². The third-order valence-corrected chi connectivity index (χ3v) is 3.89. The summed E-state index contributed by atoms with van der Waals surface area (Å²) < 4.78 is 5.61. The molecule has 6 unspecified atom stereocenters. The number of carbonyl (C=O) groups is 1. The fraction of sp³-hybridized carbons (Fsp3) is 0.929. The van der Waals surface area contributed by atoms with E-state index in [0.717, 1.165) is 12.8 Å². The summed E-state index contributed by atoms with van der Waals surface area (Å²) in [5.74, 6) is -0.677. The summed E-state index contributed by atoms with van der Waals surface area (Å²) in [6, 6.07) is -0.156. The lowest BCUT2D eigenvalue weighted by molar-refractivity contribution is -0.179. The minimum Gasteiger partial charge on any atom is -0.396 e. The Bertz CT molecular complexity index is 325. The van der Waals surface area contributed by atoms with E-state index in [2.05, 4.69) is 5.32 Å². The molecule has 7 nitrogen and oxygen atoms in total. The lowest BCUT2D eigenvalue weighted by Gasteiger charge is -2.40. The molecule has 0 bridgehead atoms. The molecule has 1 aliphatic carbocycles. The fourth-order valence-electron chi connectivity index (χ4n) is 2.70. The molecule has 1 fully saturated rings.